The van der Waals surface area contributed by atoms with Gasteiger partial charge < -0.3 is 10.2 Å². The number of benzene rings is 1. The lowest BCUT2D eigenvalue weighted by Gasteiger charge is -2.21. The largest absolute Gasteiger partial charge is 0.355 e. The van der Waals surface area contributed by atoms with Gasteiger partial charge in [-0.1, -0.05) is 48.6 Å². The summed E-state index contributed by atoms with van der Waals surface area (Å²) in [6, 6.07) is 17.6. The summed E-state index contributed by atoms with van der Waals surface area (Å²) < 4.78 is 0. The van der Waals surface area contributed by atoms with Gasteiger partial charge in [-0.25, -0.2) is 4.98 Å². The minimum Gasteiger partial charge on any atom is -0.355 e. The van der Waals surface area contributed by atoms with Crippen molar-refractivity contribution >= 4 is 23.8 Å². The molecule has 1 aromatic carbocycles. The summed E-state index contributed by atoms with van der Waals surface area (Å²) in [6.45, 7) is 3.79. The van der Waals surface area contributed by atoms with Crippen LogP contribution in [-0.4, -0.2) is 41.9 Å². The molecule has 0 radical (unpaired) electrons. The second-order valence-corrected chi connectivity index (χ2v) is 7.05. The molecule has 4 rings (SSSR count). The van der Waals surface area contributed by atoms with Gasteiger partial charge in [-0.05, 0) is 42.3 Å². The lowest BCUT2D eigenvalue weighted by Crippen LogP contribution is -2.28. The molecule has 1 aliphatic rings. The van der Waals surface area contributed by atoms with Crippen molar-refractivity contribution < 1.29 is 4.79 Å². The third-order valence-electron chi connectivity index (χ3n) is 4.92. The van der Waals surface area contributed by atoms with Crippen molar-refractivity contribution in [3.05, 3.63) is 89.4 Å². The van der Waals surface area contributed by atoms with E-state index in [1.54, 1.807) is 18.5 Å². The van der Waals surface area contributed by atoms with Gasteiger partial charge in [0.05, 0.1) is 0 Å². The number of carbonyl (C=O) groups excluding carboxylic acids is 1. The minimum absolute atomic E-state index is 0.109. The summed E-state index contributed by atoms with van der Waals surface area (Å²) >= 11 is 0. The van der Waals surface area contributed by atoms with Crippen molar-refractivity contribution in [1.29, 1.82) is 0 Å². The maximum absolute atomic E-state index is 13.0. The normalized spacial score (nSPS) is 14.7. The Morgan fingerprint density at radius 3 is 2.69 bits per heavy atom. The van der Waals surface area contributed by atoms with E-state index in [2.05, 4.69) is 20.2 Å². The van der Waals surface area contributed by atoms with Gasteiger partial charge in [0, 0.05) is 37.6 Å². The maximum atomic E-state index is 13.0. The van der Waals surface area contributed by atoms with E-state index in [0.717, 1.165) is 49.5 Å². The second kappa shape index (κ2) is 9.26. The van der Waals surface area contributed by atoms with Gasteiger partial charge in [-0.15, -0.1) is 0 Å². The summed E-state index contributed by atoms with van der Waals surface area (Å²) in [6.07, 6.45) is 8.40. The molecule has 0 aliphatic carbocycles. The van der Waals surface area contributed by atoms with Crippen LogP contribution in [0.5, 0.6) is 0 Å². The number of pyridine rings is 2. The van der Waals surface area contributed by atoms with Gasteiger partial charge in [0.25, 0.3) is 0 Å². The number of ketones is 1. The Kier molecular flexibility index (Phi) is 6.07. The van der Waals surface area contributed by atoms with Crippen LogP contribution in [0.1, 0.15) is 33.6 Å². The van der Waals surface area contributed by atoms with Gasteiger partial charge >= 0.3 is 0 Å². The fraction of sp³-hybridized carbons (Fsp3) is 0.208. The molecule has 0 saturated carbocycles. The van der Waals surface area contributed by atoms with Crippen molar-refractivity contribution in [2.45, 2.75) is 6.42 Å². The molecule has 1 fully saturated rings. The molecule has 1 aliphatic heterocycles. The number of aromatic nitrogens is 2. The molecule has 3 heterocycles. The molecule has 0 amide bonds. The number of nitrogens with zero attached hydrogens (tertiary/aromatic N) is 3. The first-order valence-electron chi connectivity index (χ1n) is 9.95. The lowest BCUT2D eigenvalue weighted by atomic mass is 10.1. The molecule has 29 heavy (non-hydrogen) atoms. The standard InChI is InChI=1S/C24H24N4O/c29-24(22-8-4-9-23(27-22)28-14-5-12-25-13-15-28)21-16-20(17-26-18-21)11-10-19-6-2-1-3-7-19/h1-4,6-11,16-18,25H,5,12-15H2/b11-10+. The van der Waals surface area contributed by atoms with Crippen LogP contribution in [-0.2, 0) is 0 Å². The molecule has 2 aromatic heterocycles. The smallest absolute Gasteiger partial charge is 0.212 e. The fourth-order valence-electron chi connectivity index (χ4n) is 3.38. The first-order valence-corrected chi connectivity index (χ1v) is 9.95. The van der Waals surface area contributed by atoms with Crippen molar-refractivity contribution in [3.63, 3.8) is 0 Å². The highest BCUT2D eigenvalue weighted by Gasteiger charge is 2.15. The number of carbonyl (C=O) groups is 1. The monoisotopic (exact) mass is 384 g/mol. The second-order valence-electron chi connectivity index (χ2n) is 7.05. The first-order chi connectivity index (χ1) is 14.3. The third kappa shape index (κ3) is 4.95. The zero-order valence-corrected chi connectivity index (χ0v) is 16.3. The molecule has 0 unspecified atom stereocenters. The average molecular weight is 384 g/mol. The molecule has 1 saturated heterocycles. The van der Waals surface area contributed by atoms with E-state index in [4.69, 9.17) is 0 Å². The summed E-state index contributed by atoms with van der Waals surface area (Å²) in [7, 11) is 0. The maximum Gasteiger partial charge on any atom is 0.212 e. The van der Waals surface area contributed by atoms with Crippen LogP contribution in [0.2, 0.25) is 0 Å². The predicted octanol–water partition coefficient (Wildman–Crippen LogP) is 3.68. The molecule has 1 N–H and O–H groups in total. The minimum atomic E-state index is -0.109. The number of hydrogen-bond donors (Lipinski definition) is 1. The van der Waals surface area contributed by atoms with Crippen LogP contribution < -0.4 is 10.2 Å². The molecule has 5 heteroatoms. The Morgan fingerprint density at radius 2 is 1.79 bits per heavy atom. The zero-order chi connectivity index (χ0) is 19.9. The third-order valence-corrected chi connectivity index (χ3v) is 4.92. The molecule has 146 valence electrons. The number of nitrogens with one attached hydrogen (secondary N) is 1. The van der Waals surface area contributed by atoms with E-state index in [9.17, 15) is 4.79 Å². The highest BCUT2D eigenvalue weighted by atomic mass is 16.1. The van der Waals surface area contributed by atoms with Gasteiger partial charge in [0.1, 0.15) is 11.5 Å². The zero-order valence-electron chi connectivity index (χ0n) is 16.3. The average Bonchev–Trinajstić information content (AvgIpc) is 3.08. The fourth-order valence-corrected chi connectivity index (χ4v) is 3.38. The summed E-state index contributed by atoms with van der Waals surface area (Å²) in [5.74, 6) is 0.745. The van der Waals surface area contributed by atoms with Gasteiger partial charge in [-0.3, -0.25) is 9.78 Å². The molecule has 0 atom stereocenters. The van der Waals surface area contributed by atoms with Crippen LogP contribution in [0.4, 0.5) is 5.82 Å². The van der Waals surface area contributed by atoms with Crippen LogP contribution in [0.25, 0.3) is 12.2 Å². The number of rotatable bonds is 5. The Morgan fingerprint density at radius 1 is 0.931 bits per heavy atom. The van der Waals surface area contributed by atoms with E-state index in [1.807, 2.05) is 60.7 Å². The topological polar surface area (TPSA) is 58.1 Å². The highest BCUT2D eigenvalue weighted by Crippen LogP contribution is 2.16. The quantitative estimate of drug-likeness (QED) is 0.680. The Bertz CT molecular complexity index is 993. The van der Waals surface area contributed by atoms with Crippen LogP contribution >= 0.6 is 0 Å². The Hall–Kier alpha value is -3.31. The van der Waals surface area contributed by atoms with Crippen LogP contribution in [0, 0.1) is 0 Å². The summed E-state index contributed by atoms with van der Waals surface area (Å²) in [5, 5.41) is 3.39. The van der Waals surface area contributed by atoms with E-state index in [-0.39, 0.29) is 5.78 Å². The molecule has 0 bridgehead atoms. The van der Waals surface area contributed by atoms with Crippen LogP contribution in [0.3, 0.4) is 0 Å². The van der Waals surface area contributed by atoms with Crippen LogP contribution in [0.15, 0.2) is 67.0 Å². The van der Waals surface area contributed by atoms with Gasteiger partial charge in [-0.2, -0.15) is 0 Å². The molecule has 3 aromatic rings. The Labute approximate surface area is 171 Å². The van der Waals surface area contributed by atoms with E-state index in [1.165, 1.54) is 0 Å². The van der Waals surface area contributed by atoms with Gasteiger partial charge in [0.15, 0.2) is 0 Å². The number of anilines is 1. The van der Waals surface area contributed by atoms with Gasteiger partial charge in [0.2, 0.25) is 5.78 Å². The number of hydrogen-bond acceptors (Lipinski definition) is 5. The predicted molar refractivity (Wildman–Crippen MR) is 117 cm³/mol. The Balaban J connectivity index is 1.54. The van der Waals surface area contributed by atoms with Crippen molar-refractivity contribution in [1.82, 2.24) is 15.3 Å². The highest BCUT2D eigenvalue weighted by molar-refractivity contribution is 6.08. The molecular weight excluding hydrogens is 360 g/mol. The van der Waals surface area contributed by atoms with E-state index < -0.39 is 0 Å². The molecular formula is C24H24N4O. The molecule has 0 spiro atoms. The van der Waals surface area contributed by atoms with Crippen molar-refractivity contribution in [2.24, 2.45) is 0 Å². The summed E-state index contributed by atoms with van der Waals surface area (Å²) in [5.41, 5.74) is 2.98. The van der Waals surface area contributed by atoms with E-state index in [0.29, 0.717) is 11.3 Å². The van der Waals surface area contributed by atoms with E-state index >= 15 is 0 Å². The summed E-state index contributed by atoms with van der Waals surface area (Å²) in [4.78, 5) is 24.1. The SMILES string of the molecule is O=C(c1cncc(/C=C/c2ccccc2)c1)c1cccc(N2CCCNCC2)n1. The van der Waals surface area contributed by atoms with Crippen molar-refractivity contribution in [3.8, 4) is 0 Å². The van der Waals surface area contributed by atoms with Crippen molar-refractivity contribution in [2.75, 3.05) is 31.1 Å². The first kappa shape index (κ1) is 19.0. The molecule has 5 nitrogen and oxygen atoms in total. The lowest BCUT2D eigenvalue weighted by molar-refractivity contribution is 0.103.